The highest BCUT2D eigenvalue weighted by Crippen LogP contribution is 2.16. The second kappa shape index (κ2) is 8.43. The normalized spacial score (nSPS) is 12.2. The fourth-order valence-corrected chi connectivity index (χ4v) is 3.15. The van der Waals surface area contributed by atoms with Crippen molar-refractivity contribution in [3.05, 3.63) is 66.1 Å². The fraction of sp³-hybridized carbons (Fsp3) is 0.158. The van der Waals surface area contributed by atoms with Crippen LogP contribution in [0.3, 0.4) is 0 Å². The number of nitrogens with two attached hydrogens (primary N) is 1. The maximum atomic E-state index is 12.5. The lowest BCUT2D eigenvalue weighted by Crippen LogP contribution is -2.30. The summed E-state index contributed by atoms with van der Waals surface area (Å²) in [6.07, 6.45) is 1.80. The Hall–Kier alpha value is -3.57. The zero-order valence-corrected chi connectivity index (χ0v) is 17.0. The average molecular weight is 429 g/mol. The smallest absolute Gasteiger partial charge is 0.342 e. The first-order valence-corrected chi connectivity index (χ1v) is 10.3. The first-order valence-electron chi connectivity index (χ1n) is 8.77. The molecule has 0 bridgehead atoms. The molecule has 30 heavy (non-hydrogen) atoms. The average Bonchev–Trinajstić information content (AvgIpc) is 3.09. The number of esters is 1. The molecule has 0 radical (unpaired) electrons. The highest BCUT2D eigenvalue weighted by molar-refractivity contribution is 7.89. The number of hydrogen-bond acceptors (Lipinski definition) is 7. The first-order chi connectivity index (χ1) is 14.2. The lowest BCUT2D eigenvalue weighted by atomic mass is 10.2. The third-order valence-electron chi connectivity index (χ3n) is 4.18. The lowest BCUT2D eigenvalue weighted by molar-refractivity contribution is -0.123. The van der Waals surface area contributed by atoms with Gasteiger partial charge in [0.1, 0.15) is 5.56 Å². The summed E-state index contributed by atoms with van der Waals surface area (Å²) in [5.41, 5.74) is 0.900. The molecule has 0 spiro atoms. The second-order valence-electron chi connectivity index (χ2n) is 6.35. The maximum absolute atomic E-state index is 12.5. The van der Waals surface area contributed by atoms with Crippen molar-refractivity contribution in [2.45, 2.75) is 24.8 Å². The molecule has 1 aromatic carbocycles. The molecule has 3 aromatic rings. The quantitative estimate of drug-likeness (QED) is 0.563. The van der Waals surface area contributed by atoms with E-state index in [2.05, 4.69) is 15.4 Å². The summed E-state index contributed by atoms with van der Waals surface area (Å²) in [5.74, 6) is -0.824. The Morgan fingerprint density at radius 3 is 2.63 bits per heavy atom. The van der Waals surface area contributed by atoms with E-state index in [9.17, 15) is 18.0 Å². The summed E-state index contributed by atoms with van der Waals surface area (Å²) in [5, 5.41) is 11.7. The fourth-order valence-electron chi connectivity index (χ4n) is 2.59. The van der Waals surface area contributed by atoms with Crippen LogP contribution < -0.4 is 10.5 Å². The van der Waals surface area contributed by atoms with Gasteiger partial charge in [-0.1, -0.05) is 12.1 Å². The summed E-state index contributed by atoms with van der Waals surface area (Å²) < 4.78 is 29.6. The van der Waals surface area contributed by atoms with Gasteiger partial charge < -0.3 is 10.1 Å². The number of pyridine rings is 1. The van der Waals surface area contributed by atoms with Crippen LogP contribution in [0.2, 0.25) is 0 Å². The Labute approximate surface area is 172 Å². The second-order valence-corrected chi connectivity index (χ2v) is 7.91. The summed E-state index contributed by atoms with van der Waals surface area (Å²) in [4.78, 5) is 28.9. The van der Waals surface area contributed by atoms with E-state index in [1.54, 1.807) is 31.3 Å². The van der Waals surface area contributed by atoms with Crippen molar-refractivity contribution < 1.29 is 22.7 Å². The highest BCUT2D eigenvalue weighted by atomic mass is 32.2. The van der Waals surface area contributed by atoms with Crippen molar-refractivity contribution in [2.75, 3.05) is 5.32 Å². The molecule has 1 unspecified atom stereocenters. The number of sulfonamides is 1. The number of anilines is 1. The number of carbonyl (C=O) groups is 2. The van der Waals surface area contributed by atoms with Crippen LogP contribution in [0.25, 0.3) is 5.82 Å². The number of nitrogens with zero attached hydrogens (tertiary/aromatic N) is 3. The van der Waals surface area contributed by atoms with E-state index in [1.165, 1.54) is 42.1 Å². The summed E-state index contributed by atoms with van der Waals surface area (Å²) in [6.45, 7) is 3.08. The van der Waals surface area contributed by atoms with Gasteiger partial charge in [-0.3, -0.25) is 4.79 Å². The van der Waals surface area contributed by atoms with Crippen LogP contribution in [0.4, 0.5) is 5.69 Å². The van der Waals surface area contributed by atoms with Crippen molar-refractivity contribution in [3.63, 3.8) is 0 Å². The van der Waals surface area contributed by atoms with E-state index in [4.69, 9.17) is 9.88 Å². The number of carbonyl (C=O) groups excluding carboxylic acids is 2. The Morgan fingerprint density at radius 2 is 1.97 bits per heavy atom. The predicted octanol–water partition coefficient (Wildman–Crippen LogP) is 1.41. The van der Waals surface area contributed by atoms with E-state index >= 15 is 0 Å². The van der Waals surface area contributed by atoms with Gasteiger partial charge in [0.25, 0.3) is 5.91 Å². The van der Waals surface area contributed by atoms with Gasteiger partial charge in [-0.2, -0.15) is 5.10 Å². The van der Waals surface area contributed by atoms with E-state index in [-0.39, 0.29) is 16.1 Å². The minimum atomic E-state index is -3.91. The van der Waals surface area contributed by atoms with Crippen molar-refractivity contribution >= 4 is 27.6 Å². The van der Waals surface area contributed by atoms with E-state index < -0.39 is 28.0 Å². The number of benzene rings is 1. The van der Waals surface area contributed by atoms with Gasteiger partial charge in [0.15, 0.2) is 11.9 Å². The van der Waals surface area contributed by atoms with E-state index in [1.807, 2.05) is 0 Å². The number of rotatable bonds is 6. The molecule has 3 N–H and O–H groups in total. The Kier molecular flexibility index (Phi) is 5.94. The molecule has 2 heterocycles. The number of primary sulfonamides is 1. The molecule has 10 nitrogen and oxygen atoms in total. The Morgan fingerprint density at radius 1 is 1.20 bits per heavy atom. The highest BCUT2D eigenvalue weighted by Gasteiger charge is 2.23. The number of nitrogens with one attached hydrogen (secondary N) is 1. The van der Waals surface area contributed by atoms with Crippen LogP contribution in [0.15, 0.2) is 59.8 Å². The van der Waals surface area contributed by atoms with Crippen LogP contribution in [-0.2, 0) is 19.6 Å². The van der Waals surface area contributed by atoms with E-state index in [0.29, 0.717) is 11.5 Å². The van der Waals surface area contributed by atoms with Gasteiger partial charge in [0.2, 0.25) is 10.0 Å². The standard InChI is InChI=1S/C19H19N5O5S/c1-12-16(11-22-24(12)17-8-3-4-9-21-17)19(26)29-13(2)18(25)23-14-6-5-7-15(10-14)30(20,27)28/h3-11,13H,1-2H3,(H,23,25)(H2,20,27,28). The van der Waals surface area contributed by atoms with Crippen molar-refractivity contribution in [3.8, 4) is 5.82 Å². The maximum Gasteiger partial charge on any atom is 0.342 e. The van der Waals surface area contributed by atoms with Gasteiger partial charge >= 0.3 is 5.97 Å². The molecule has 1 atom stereocenters. The van der Waals surface area contributed by atoms with Gasteiger partial charge in [0.05, 0.1) is 16.8 Å². The van der Waals surface area contributed by atoms with Crippen LogP contribution in [0, 0.1) is 6.92 Å². The third kappa shape index (κ3) is 4.70. The van der Waals surface area contributed by atoms with Crippen LogP contribution in [-0.4, -0.2) is 41.2 Å². The first kappa shape index (κ1) is 21.1. The molecule has 11 heteroatoms. The summed E-state index contributed by atoms with van der Waals surface area (Å²) >= 11 is 0. The zero-order valence-electron chi connectivity index (χ0n) is 16.1. The third-order valence-corrected chi connectivity index (χ3v) is 5.09. The molecule has 0 saturated carbocycles. The summed E-state index contributed by atoms with van der Waals surface area (Å²) in [6, 6.07) is 10.7. The van der Waals surface area contributed by atoms with Crippen molar-refractivity contribution in [1.29, 1.82) is 0 Å². The monoisotopic (exact) mass is 429 g/mol. The lowest BCUT2D eigenvalue weighted by Gasteiger charge is -2.14. The number of hydrogen-bond donors (Lipinski definition) is 2. The van der Waals surface area contributed by atoms with Gasteiger partial charge in [-0.15, -0.1) is 0 Å². The van der Waals surface area contributed by atoms with Gasteiger partial charge in [-0.05, 0) is 44.2 Å². The molecule has 0 aliphatic carbocycles. The van der Waals surface area contributed by atoms with Crippen molar-refractivity contribution in [1.82, 2.24) is 14.8 Å². The molecule has 0 fully saturated rings. The van der Waals surface area contributed by atoms with Gasteiger partial charge in [0, 0.05) is 11.9 Å². The number of aromatic nitrogens is 3. The zero-order chi connectivity index (χ0) is 21.9. The van der Waals surface area contributed by atoms with Crippen LogP contribution >= 0.6 is 0 Å². The molecule has 0 saturated heterocycles. The molecule has 2 aromatic heterocycles. The van der Waals surface area contributed by atoms with Crippen LogP contribution in [0.1, 0.15) is 23.0 Å². The molecule has 156 valence electrons. The Balaban J connectivity index is 1.69. The topological polar surface area (TPSA) is 146 Å². The minimum absolute atomic E-state index is 0.150. The molecule has 1 amide bonds. The SMILES string of the molecule is Cc1c(C(=O)OC(C)C(=O)Nc2cccc(S(N)(=O)=O)c2)cnn1-c1ccccn1. The molecule has 3 rings (SSSR count). The van der Waals surface area contributed by atoms with Gasteiger partial charge in [-0.25, -0.2) is 28.0 Å². The van der Waals surface area contributed by atoms with Crippen molar-refractivity contribution in [2.24, 2.45) is 5.14 Å². The molecular weight excluding hydrogens is 410 g/mol. The number of amides is 1. The predicted molar refractivity (Wildman–Crippen MR) is 107 cm³/mol. The van der Waals surface area contributed by atoms with Crippen LogP contribution in [0.5, 0.6) is 0 Å². The molecule has 0 aliphatic rings. The number of ether oxygens (including phenoxy) is 1. The molecular formula is C19H19N5O5S. The molecule has 0 aliphatic heterocycles. The largest absolute Gasteiger partial charge is 0.449 e. The Bertz CT molecular complexity index is 1190. The summed E-state index contributed by atoms with van der Waals surface area (Å²) in [7, 11) is -3.91. The minimum Gasteiger partial charge on any atom is -0.449 e. The van der Waals surface area contributed by atoms with E-state index in [0.717, 1.165) is 0 Å².